The highest BCUT2D eigenvalue weighted by Crippen LogP contribution is 2.44. The van der Waals surface area contributed by atoms with Crippen LogP contribution in [0.2, 0.25) is 5.02 Å². The van der Waals surface area contributed by atoms with Crippen LogP contribution in [0.25, 0.3) is 11.1 Å². The van der Waals surface area contributed by atoms with E-state index >= 15 is 4.39 Å². The molecule has 1 aromatic carbocycles. The number of hydrogen-bond acceptors (Lipinski definition) is 7. The highest BCUT2D eigenvalue weighted by atomic mass is 35.5. The zero-order chi connectivity index (χ0) is 30.5. The SMILES string of the molecule is COC(=O)c1c(-c2c(CC3(NC(=O)OC(C)(C)C)CC3)ccc(Cl)c2F)cc(=O)n2c1CCC2C(=O)OC(C)(C)C. The molecular formula is C30H36ClFN2O7. The first-order valence-corrected chi connectivity index (χ1v) is 13.9. The van der Waals surface area contributed by atoms with Gasteiger partial charge in [0.2, 0.25) is 0 Å². The van der Waals surface area contributed by atoms with Crippen LogP contribution in [0.5, 0.6) is 0 Å². The Hall–Kier alpha value is -3.40. The van der Waals surface area contributed by atoms with Crippen LogP contribution in [0.4, 0.5) is 9.18 Å². The minimum atomic E-state index is -0.939. The molecule has 0 radical (unpaired) electrons. The molecule has 2 aliphatic rings. The first-order valence-electron chi connectivity index (χ1n) is 13.5. The molecule has 11 heteroatoms. The summed E-state index contributed by atoms with van der Waals surface area (Å²) in [5.74, 6) is -2.19. The van der Waals surface area contributed by atoms with Gasteiger partial charge in [-0.2, -0.15) is 0 Å². The number of carbonyl (C=O) groups is 3. The van der Waals surface area contributed by atoms with Gasteiger partial charge in [-0.25, -0.2) is 18.8 Å². The summed E-state index contributed by atoms with van der Waals surface area (Å²) in [6, 6.07) is 3.21. The van der Waals surface area contributed by atoms with Gasteiger partial charge in [-0.05, 0) is 85.3 Å². The number of halogens is 2. The summed E-state index contributed by atoms with van der Waals surface area (Å²) in [6.07, 6.45) is 1.29. The summed E-state index contributed by atoms with van der Waals surface area (Å²) >= 11 is 6.20. The smallest absolute Gasteiger partial charge is 0.408 e. The van der Waals surface area contributed by atoms with Crippen molar-refractivity contribution in [3.05, 3.63) is 56.2 Å². The lowest BCUT2D eigenvalue weighted by Crippen LogP contribution is -2.42. The van der Waals surface area contributed by atoms with Crippen LogP contribution in [0.1, 0.15) is 88.5 Å². The molecule has 1 fully saturated rings. The zero-order valence-electron chi connectivity index (χ0n) is 24.4. The number of rotatable bonds is 6. The Morgan fingerprint density at radius 3 is 2.29 bits per heavy atom. The molecule has 1 aliphatic carbocycles. The van der Waals surface area contributed by atoms with Crippen LogP contribution in [0.15, 0.2) is 23.0 Å². The van der Waals surface area contributed by atoms with E-state index in [2.05, 4.69) is 5.32 Å². The molecule has 1 unspecified atom stereocenters. The van der Waals surface area contributed by atoms with Crippen LogP contribution in [0.3, 0.4) is 0 Å². The number of ether oxygens (including phenoxy) is 3. The van der Waals surface area contributed by atoms with Crippen molar-refractivity contribution in [3.63, 3.8) is 0 Å². The van der Waals surface area contributed by atoms with Crippen molar-refractivity contribution in [1.29, 1.82) is 0 Å². The molecule has 1 atom stereocenters. The van der Waals surface area contributed by atoms with E-state index in [1.807, 2.05) is 0 Å². The number of aromatic nitrogens is 1. The monoisotopic (exact) mass is 590 g/mol. The molecule has 222 valence electrons. The van der Waals surface area contributed by atoms with Crippen LogP contribution < -0.4 is 10.9 Å². The fraction of sp³-hybridized carbons (Fsp3) is 0.533. The zero-order valence-corrected chi connectivity index (χ0v) is 25.2. The third-order valence-corrected chi connectivity index (χ3v) is 7.28. The standard InChI is InChI=1S/C30H36ClFN2O7/c1-28(2,3)40-25(36)20-11-10-19-23(26(37)39-7)17(14-21(35)34(19)20)22-16(8-9-18(31)24(22)32)15-30(12-13-30)33-27(38)41-29(4,5)6/h8-9,14,20H,10-13,15H2,1-7H3,(H,33,38). The van der Waals surface area contributed by atoms with Crippen LogP contribution >= 0.6 is 11.6 Å². The number of alkyl carbamates (subject to hydrolysis) is 1. The second-order valence-electron chi connectivity index (χ2n) is 12.6. The molecule has 4 rings (SSSR count). The summed E-state index contributed by atoms with van der Waals surface area (Å²) in [6.45, 7) is 10.4. The average molecular weight is 591 g/mol. The summed E-state index contributed by atoms with van der Waals surface area (Å²) < 4.78 is 33.1. The molecule has 1 aliphatic heterocycles. The lowest BCUT2D eigenvalue weighted by Gasteiger charge is -2.25. The van der Waals surface area contributed by atoms with Gasteiger partial charge in [-0.3, -0.25) is 9.36 Å². The number of benzene rings is 1. The van der Waals surface area contributed by atoms with E-state index in [-0.39, 0.29) is 46.7 Å². The van der Waals surface area contributed by atoms with Crippen molar-refractivity contribution < 1.29 is 33.0 Å². The van der Waals surface area contributed by atoms with Gasteiger partial charge in [0.1, 0.15) is 23.1 Å². The average Bonchev–Trinajstić information content (AvgIpc) is 3.41. The Bertz CT molecular complexity index is 1470. The van der Waals surface area contributed by atoms with Gasteiger partial charge >= 0.3 is 18.0 Å². The maximum atomic E-state index is 15.9. The molecule has 41 heavy (non-hydrogen) atoms. The fourth-order valence-electron chi connectivity index (χ4n) is 5.19. The van der Waals surface area contributed by atoms with Crippen molar-refractivity contribution in [2.75, 3.05) is 7.11 Å². The molecule has 9 nitrogen and oxygen atoms in total. The lowest BCUT2D eigenvalue weighted by molar-refractivity contribution is -0.158. The maximum Gasteiger partial charge on any atom is 0.408 e. The van der Waals surface area contributed by atoms with Gasteiger partial charge in [-0.1, -0.05) is 17.7 Å². The van der Waals surface area contributed by atoms with E-state index in [1.165, 1.54) is 17.7 Å². The normalized spacial score (nSPS) is 17.4. The first kappa shape index (κ1) is 30.6. The minimum absolute atomic E-state index is 0.0148. The highest BCUT2D eigenvalue weighted by Gasteiger charge is 2.46. The number of fused-ring (bicyclic) bond motifs is 1. The predicted molar refractivity (Wildman–Crippen MR) is 151 cm³/mol. The van der Waals surface area contributed by atoms with E-state index in [0.29, 0.717) is 18.4 Å². The molecule has 2 heterocycles. The molecule has 1 N–H and O–H groups in total. The summed E-state index contributed by atoms with van der Waals surface area (Å²) in [4.78, 5) is 52.2. The van der Waals surface area contributed by atoms with E-state index < -0.39 is 52.2 Å². The van der Waals surface area contributed by atoms with Crippen molar-refractivity contribution in [3.8, 4) is 11.1 Å². The molecule has 1 aromatic heterocycles. The van der Waals surface area contributed by atoms with Crippen molar-refractivity contribution >= 4 is 29.6 Å². The van der Waals surface area contributed by atoms with E-state index in [4.69, 9.17) is 25.8 Å². The first-order chi connectivity index (χ1) is 18.9. The third-order valence-electron chi connectivity index (χ3n) is 6.99. The third kappa shape index (κ3) is 6.58. The fourth-order valence-corrected chi connectivity index (χ4v) is 5.35. The molecule has 0 bridgehead atoms. The molecular weight excluding hydrogens is 555 g/mol. The second-order valence-corrected chi connectivity index (χ2v) is 13.1. The van der Waals surface area contributed by atoms with Gasteiger partial charge in [0.15, 0.2) is 0 Å². The van der Waals surface area contributed by atoms with E-state index in [1.54, 1.807) is 47.6 Å². The second kappa shape index (κ2) is 10.8. The Labute approximate surface area is 243 Å². The van der Waals surface area contributed by atoms with E-state index in [9.17, 15) is 19.2 Å². The Kier molecular flexibility index (Phi) is 8.03. The lowest BCUT2D eigenvalue weighted by atomic mass is 9.90. The van der Waals surface area contributed by atoms with Crippen LogP contribution in [0, 0.1) is 5.82 Å². The topological polar surface area (TPSA) is 113 Å². The number of nitrogens with one attached hydrogen (secondary N) is 1. The minimum Gasteiger partial charge on any atom is -0.465 e. The highest BCUT2D eigenvalue weighted by molar-refractivity contribution is 6.31. The number of carbonyl (C=O) groups excluding carboxylic acids is 3. The molecule has 0 spiro atoms. The number of nitrogens with zero attached hydrogens (tertiary/aromatic N) is 1. The van der Waals surface area contributed by atoms with Gasteiger partial charge in [0.25, 0.3) is 5.56 Å². The van der Waals surface area contributed by atoms with Gasteiger partial charge < -0.3 is 19.5 Å². The quantitative estimate of drug-likeness (QED) is 0.348. The molecule has 1 saturated carbocycles. The van der Waals surface area contributed by atoms with Gasteiger partial charge in [0.05, 0.1) is 17.7 Å². The Morgan fingerprint density at radius 1 is 1.10 bits per heavy atom. The van der Waals surface area contributed by atoms with Crippen molar-refractivity contribution in [2.45, 2.75) is 96.4 Å². The van der Waals surface area contributed by atoms with Crippen molar-refractivity contribution in [1.82, 2.24) is 9.88 Å². The van der Waals surface area contributed by atoms with Crippen LogP contribution in [-0.2, 0) is 31.8 Å². The van der Waals surface area contributed by atoms with E-state index in [0.717, 1.165) is 6.07 Å². The van der Waals surface area contributed by atoms with Crippen molar-refractivity contribution in [2.24, 2.45) is 0 Å². The predicted octanol–water partition coefficient (Wildman–Crippen LogP) is 5.52. The summed E-state index contributed by atoms with van der Waals surface area (Å²) in [5.41, 5.74) is -2.09. The molecule has 2 aromatic rings. The number of pyridine rings is 1. The largest absolute Gasteiger partial charge is 0.465 e. The maximum absolute atomic E-state index is 15.9. The van der Waals surface area contributed by atoms with Gasteiger partial charge in [-0.15, -0.1) is 0 Å². The number of esters is 2. The van der Waals surface area contributed by atoms with Crippen LogP contribution in [-0.4, -0.2) is 46.4 Å². The summed E-state index contributed by atoms with van der Waals surface area (Å²) in [7, 11) is 1.19. The molecule has 0 saturated heterocycles. The number of amides is 1. The van der Waals surface area contributed by atoms with Gasteiger partial charge in [0, 0.05) is 28.4 Å². The number of hydrogen-bond donors (Lipinski definition) is 1. The Morgan fingerprint density at radius 2 is 1.73 bits per heavy atom. The molecule has 1 amide bonds. The Balaban J connectivity index is 1.83. The number of methoxy groups -OCH3 is 1. The summed E-state index contributed by atoms with van der Waals surface area (Å²) in [5, 5.41) is 2.70.